The van der Waals surface area contributed by atoms with Crippen molar-refractivity contribution in [2.75, 3.05) is 12.4 Å². The van der Waals surface area contributed by atoms with Gasteiger partial charge in [0.2, 0.25) is 0 Å². The van der Waals surface area contributed by atoms with Gasteiger partial charge >= 0.3 is 0 Å². The number of aryl methyl sites for hydroxylation is 2. The molecule has 2 aromatic rings. The Morgan fingerprint density at radius 1 is 1.00 bits per heavy atom. The van der Waals surface area contributed by atoms with Gasteiger partial charge in [0.1, 0.15) is 5.75 Å². The minimum atomic E-state index is 0.904. The van der Waals surface area contributed by atoms with E-state index < -0.39 is 0 Å². The fourth-order valence-corrected chi connectivity index (χ4v) is 1.75. The van der Waals surface area contributed by atoms with E-state index in [0.717, 1.165) is 28.4 Å². The van der Waals surface area contributed by atoms with Crippen LogP contribution in [-0.2, 0) is 0 Å². The molecule has 3 heteroatoms. The smallest absolute Gasteiger partial charge is 0.121 e. The van der Waals surface area contributed by atoms with Crippen molar-refractivity contribution >= 4 is 11.4 Å². The standard InChI is InChI=1S/C14H16N2O.C2H6/c1-10-8-12(4-5-14(10)17-3)16-13-6-7-15-11(2)9-13;1-2/h4-9H,1-3H3,(H,15,16);1-2H3. The highest BCUT2D eigenvalue weighted by atomic mass is 16.5. The molecule has 0 bridgehead atoms. The van der Waals surface area contributed by atoms with Gasteiger partial charge in [0.15, 0.2) is 0 Å². The van der Waals surface area contributed by atoms with Crippen LogP contribution in [0.1, 0.15) is 25.1 Å². The highest BCUT2D eigenvalue weighted by Gasteiger charge is 2.00. The van der Waals surface area contributed by atoms with E-state index in [1.165, 1.54) is 0 Å². The highest BCUT2D eigenvalue weighted by Crippen LogP contribution is 2.24. The number of nitrogens with zero attached hydrogens (tertiary/aromatic N) is 1. The van der Waals surface area contributed by atoms with Crippen molar-refractivity contribution in [3.63, 3.8) is 0 Å². The van der Waals surface area contributed by atoms with Gasteiger partial charge < -0.3 is 10.1 Å². The second kappa shape index (κ2) is 7.41. The largest absolute Gasteiger partial charge is 0.496 e. The van der Waals surface area contributed by atoms with Gasteiger partial charge in [-0.1, -0.05) is 13.8 Å². The summed E-state index contributed by atoms with van der Waals surface area (Å²) in [6, 6.07) is 9.99. The minimum absolute atomic E-state index is 0.904. The highest BCUT2D eigenvalue weighted by molar-refractivity contribution is 5.61. The molecule has 0 fully saturated rings. The van der Waals surface area contributed by atoms with Crippen molar-refractivity contribution in [2.24, 2.45) is 0 Å². The molecular formula is C16H22N2O. The average Bonchev–Trinajstić information content (AvgIpc) is 2.41. The lowest BCUT2D eigenvalue weighted by Crippen LogP contribution is -1.93. The zero-order valence-electron chi connectivity index (χ0n) is 12.3. The van der Waals surface area contributed by atoms with Crippen molar-refractivity contribution in [3.8, 4) is 5.75 Å². The Bertz CT molecular complexity index is 524. The number of hydrogen-bond donors (Lipinski definition) is 1. The van der Waals surface area contributed by atoms with Crippen LogP contribution in [-0.4, -0.2) is 12.1 Å². The van der Waals surface area contributed by atoms with Crippen LogP contribution in [0.3, 0.4) is 0 Å². The first-order valence-corrected chi connectivity index (χ1v) is 6.53. The third-order valence-corrected chi connectivity index (χ3v) is 2.58. The molecule has 0 aliphatic rings. The molecule has 0 unspecified atom stereocenters. The topological polar surface area (TPSA) is 34.1 Å². The van der Waals surface area contributed by atoms with Crippen LogP contribution >= 0.6 is 0 Å². The number of benzene rings is 1. The molecule has 0 atom stereocenters. The first kappa shape index (κ1) is 15.0. The Morgan fingerprint density at radius 2 is 1.68 bits per heavy atom. The second-order valence-electron chi connectivity index (χ2n) is 4.00. The number of methoxy groups -OCH3 is 1. The molecule has 1 aromatic heterocycles. The molecule has 0 aliphatic carbocycles. The molecule has 1 N–H and O–H groups in total. The summed E-state index contributed by atoms with van der Waals surface area (Å²) in [5.41, 5.74) is 4.21. The van der Waals surface area contributed by atoms with Crippen LogP contribution in [0.25, 0.3) is 0 Å². The second-order valence-corrected chi connectivity index (χ2v) is 4.00. The number of ether oxygens (including phenoxy) is 1. The molecule has 2 rings (SSSR count). The Kier molecular flexibility index (Phi) is 5.86. The molecule has 1 aromatic carbocycles. The lowest BCUT2D eigenvalue weighted by molar-refractivity contribution is 0.412. The van der Waals surface area contributed by atoms with E-state index in [4.69, 9.17) is 4.74 Å². The van der Waals surface area contributed by atoms with Gasteiger partial charge in [0, 0.05) is 23.3 Å². The summed E-state index contributed by atoms with van der Waals surface area (Å²) in [6.07, 6.45) is 1.80. The predicted octanol–water partition coefficient (Wildman–Crippen LogP) is 4.48. The summed E-state index contributed by atoms with van der Waals surface area (Å²) in [6.45, 7) is 8.01. The molecule has 0 saturated carbocycles. The number of anilines is 2. The molecule has 1 heterocycles. The lowest BCUT2D eigenvalue weighted by atomic mass is 10.2. The van der Waals surface area contributed by atoms with E-state index >= 15 is 0 Å². The van der Waals surface area contributed by atoms with E-state index in [1.54, 1.807) is 13.3 Å². The fraction of sp³-hybridized carbons (Fsp3) is 0.312. The van der Waals surface area contributed by atoms with E-state index in [0.29, 0.717) is 0 Å². The van der Waals surface area contributed by atoms with Crippen molar-refractivity contribution in [1.29, 1.82) is 0 Å². The van der Waals surface area contributed by atoms with Crippen LogP contribution in [0.15, 0.2) is 36.5 Å². The summed E-state index contributed by atoms with van der Waals surface area (Å²) in [4.78, 5) is 4.17. The molecule has 0 amide bonds. The third kappa shape index (κ3) is 4.28. The van der Waals surface area contributed by atoms with Crippen LogP contribution in [0.2, 0.25) is 0 Å². The van der Waals surface area contributed by atoms with E-state index in [-0.39, 0.29) is 0 Å². The number of aromatic nitrogens is 1. The lowest BCUT2D eigenvalue weighted by Gasteiger charge is -2.10. The van der Waals surface area contributed by atoms with Gasteiger partial charge in [-0.05, 0) is 49.7 Å². The van der Waals surface area contributed by atoms with E-state index in [2.05, 4.69) is 16.4 Å². The van der Waals surface area contributed by atoms with Gasteiger partial charge in [-0.15, -0.1) is 0 Å². The summed E-state index contributed by atoms with van der Waals surface area (Å²) >= 11 is 0. The average molecular weight is 258 g/mol. The third-order valence-electron chi connectivity index (χ3n) is 2.58. The SMILES string of the molecule is CC.COc1ccc(Nc2ccnc(C)c2)cc1C. The van der Waals surface area contributed by atoms with Gasteiger partial charge in [-0.3, -0.25) is 4.98 Å². The number of nitrogens with one attached hydrogen (secondary N) is 1. The van der Waals surface area contributed by atoms with Crippen LogP contribution in [0.5, 0.6) is 5.75 Å². The predicted molar refractivity (Wildman–Crippen MR) is 81.3 cm³/mol. The van der Waals surface area contributed by atoms with Crippen molar-refractivity contribution in [3.05, 3.63) is 47.8 Å². The van der Waals surface area contributed by atoms with Crippen LogP contribution in [0.4, 0.5) is 11.4 Å². The normalized spacial score (nSPS) is 9.32. The Hall–Kier alpha value is -2.03. The fourth-order valence-electron chi connectivity index (χ4n) is 1.75. The molecule has 0 saturated heterocycles. The number of hydrogen-bond acceptors (Lipinski definition) is 3. The van der Waals surface area contributed by atoms with E-state index in [9.17, 15) is 0 Å². The molecule has 3 nitrogen and oxygen atoms in total. The summed E-state index contributed by atoms with van der Waals surface area (Å²) in [5.74, 6) is 0.904. The molecule has 0 aliphatic heterocycles. The van der Waals surface area contributed by atoms with Gasteiger partial charge in [-0.25, -0.2) is 0 Å². The Morgan fingerprint density at radius 3 is 2.26 bits per heavy atom. The van der Waals surface area contributed by atoms with Crippen LogP contribution in [0, 0.1) is 13.8 Å². The summed E-state index contributed by atoms with van der Waals surface area (Å²) in [7, 11) is 1.68. The maximum atomic E-state index is 5.23. The van der Waals surface area contributed by atoms with Crippen molar-refractivity contribution < 1.29 is 4.74 Å². The number of pyridine rings is 1. The Labute approximate surface area is 115 Å². The molecule has 0 spiro atoms. The van der Waals surface area contributed by atoms with Gasteiger partial charge in [0.25, 0.3) is 0 Å². The molecule has 0 radical (unpaired) electrons. The van der Waals surface area contributed by atoms with E-state index in [1.807, 2.05) is 52.0 Å². The maximum Gasteiger partial charge on any atom is 0.121 e. The zero-order chi connectivity index (χ0) is 14.3. The minimum Gasteiger partial charge on any atom is -0.496 e. The first-order valence-electron chi connectivity index (χ1n) is 6.53. The molecular weight excluding hydrogens is 236 g/mol. The van der Waals surface area contributed by atoms with Crippen LogP contribution < -0.4 is 10.1 Å². The quantitative estimate of drug-likeness (QED) is 0.881. The first-order chi connectivity index (χ1) is 9.19. The zero-order valence-corrected chi connectivity index (χ0v) is 12.3. The van der Waals surface area contributed by atoms with Crippen molar-refractivity contribution in [1.82, 2.24) is 4.98 Å². The van der Waals surface area contributed by atoms with Gasteiger partial charge in [0.05, 0.1) is 7.11 Å². The molecule has 19 heavy (non-hydrogen) atoms. The molecule has 102 valence electrons. The van der Waals surface area contributed by atoms with Crippen molar-refractivity contribution in [2.45, 2.75) is 27.7 Å². The summed E-state index contributed by atoms with van der Waals surface area (Å²) < 4.78 is 5.23. The monoisotopic (exact) mass is 258 g/mol. The number of rotatable bonds is 3. The maximum absolute atomic E-state index is 5.23. The Balaban J connectivity index is 0.000000861. The summed E-state index contributed by atoms with van der Waals surface area (Å²) in [5, 5.41) is 3.34. The van der Waals surface area contributed by atoms with Gasteiger partial charge in [-0.2, -0.15) is 0 Å².